The third-order valence-corrected chi connectivity index (χ3v) is 7.88. The number of hydrogen-bond donors (Lipinski definition) is 1. The maximum absolute atomic E-state index is 12.2. The van der Waals surface area contributed by atoms with E-state index in [0.717, 1.165) is 47.4 Å². The monoisotopic (exact) mass is 459 g/mol. The highest BCUT2D eigenvalue weighted by molar-refractivity contribution is 7.99. The van der Waals surface area contributed by atoms with Crippen LogP contribution in [0.4, 0.5) is 0 Å². The molecule has 31 heavy (non-hydrogen) atoms. The molecule has 3 aromatic rings. The maximum Gasteiger partial charge on any atom is 0.325 e. The van der Waals surface area contributed by atoms with Crippen LogP contribution in [-0.2, 0) is 27.2 Å². The molecular weight excluding hydrogens is 434 g/mol. The largest absolute Gasteiger partial charge is 0.465 e. The average Bonchev–Trinajstić information content (AvgIpc) is 3.41. The number of carbonyl (C=O) groups is 2. The third-order valence-electron chi connectivity index (χ3n) is 5.81. The highest BCUT2D eigenvalue weighted by Crippen LogP contribution is 2.44. The minimum absolute atomic E-state index is 0.122. The molecule has 1 unspecified atom stereocenters. The number of ether oxygens (including phenoxy) is 1. The Morgan fingerprint density at radius 1 is 1.29 bits per heavy atom. The summed E-state index contributed by atoms with van der Waals surface area (Å²) in [6.45, 7) is 4.22. The van der Waals surface area contributed by atoms with Crippen LogP contribution in [0.1, 0.15) is 55.3 Å². The number of aromatic nitrogens is 4. The molecular formula is C21H25N5O3S2. The van der Waals surface area contributed by atoms with Crippen LogP contribution in [0.2, 0.25) is 0 Å². The summed E-state index contributed by atoms with van der Waals surface area (Å²) < 4.78 is 6.90. The molecule has 0 aromatic carbocycles. The Morgan fingerprint density at radius 2 is 2.13 bits per heavy atom. The van der Waals surface area contributed by atoms with Crippen molar-refractivity contribution in [2.75, 3.05) is 18.9 Å². The van der Waals surface area contributed by atoms with Gasteiger partial charge in [0.25, 0.3) is 0 Å². The highest BCUT2D eigenvalue weighted by atomic mass is 32.2. The first-order chi connectivity index (χ1) is 15.0. The predicted molar refractivity (Wildman–Crippen MR) is 120 cm³/mol. The smallest absolute Gasteiger partial charge is 0.325 e. The SMILES string of the molecule is CCOC(=O)CNC(=O)CSc1nnc2c3c4c(sc3nc(C3CC3)n12)CC(C)CC4. The van der Waals surface area contributed by atoms with Crippen molar-refractivity contribution in [2.45, 2.75) is 57.0 Å². The van der Waals surface area contributed by atoms with Crippen LogP contribution in [0.3, 0.4) is 0 Å². The van der Waals surface area contributed by atoms with E-state index in [4.69, 9.17) is 9.72 Å². The van der Waals surface area contributed by atoms with Gasteiger partial charge in [-0.1, -0.05) is 18.7 Å². The summed E-state index contributed by atoms with van der Waals surface area (Å²) in [7, 11) is 0. The summed E-state index contributed by atoms with van der Waals surface area (Å²) in [5, 5.41) is 13.4. The van der Waals surface area contributed by atoms with Gasteiger partial charge < -0.3 is 10.1 Å². The maximum atomic E-state index is 12.2. The Bertz CT molecular complexity index is 1170. The van der Waals surface area contributed by atoms with E-state index >= 15 is 0 Å². The van der Waals surface area contributed by atoms with Crippen LogP contribution >= 0.6 is 23.1 Å². The van der Waals surface area contributed by atoms with E-state index in [-0.39, 0.29) is 18.2 Å². The van der Waals surface area contributed by atoms with E-state index in [1.165, 1.54) is 28.6 Å². The molecule has 1 atom stereocenters. The van der Waals surface area contributed by atoms with Crippen LogP contribution in [0, 0.1) is 5.92 Å². The third kappa shape index (κ3) is 4.03. The minimum Gasteiger partial charge on any atom is -0.465 e. The molecule has 2 aliphatic rings. The second-order valence-electron chi connectivity index (χ2n) is 8.29. The van der Waals surface area contributed by atoms with Gasteiger partial charge in [-0.3, -0.25) is 14.0 Å². The predicted octanol–water partition coefficient (Wildman–Crippen LogP) is 3.11. The number of aryl methyl sites for hydroxylation is 1. The van der Waals surface area contributed by atoms with E-state index in [9.17, 15) is 9.59 Å². The number of rotatable bonds is 7. The van der Waals surface area contributed by atoms with E-state index in [2.05, 4.69) is 26.8 Å². The zero-order chi connectivity index (χ0) is 21.5. The first-order valence-electron chi connectivity index (χ1n) is 10.8. The molecule has 2 aliphatic carbocycles. The number of thioether (sulfide) groups is 1. The molecule has 0 radical (unpaired) electrons. The molecule has 1 saturated carbocycles. The van der Waals surface area contributed by atoms with Gasteiger partial charge in [0, 0.05) is 10.8 Å². The summed E-state index contributed by atoms with van der Waals surface area (Å²) in [6, 6.07) is 0. The molecule has 5 rings (SSSR count). The average molecular weight is 460 g/mol. The molecule has 0 spiro atoms. The molecule has 10 heteroatoms. The van der Waals surface area contributed by atoms with E-state index < -0.39 is 5.97 Å². The molecule has 3 heterocycles. The summed E-state index contributed by atoms with van der Waals surface area (Å²) in [4.78, 5) is 31.2. The van der Waals surface area contributed by atoms with Crippen molar-refractivity contribution in [1.29, 1.82) is 0 Å². The first kappa shape index (κ1) is 20.7. The second kappa shape index (κ2) is 8.38. The molecule has 1 N–H and O–H groups in total. The molecule has 3 aromatic heterocycles. The number of nitrogens with zero attached hydrogens (tertiary/aromatic N) is 4. The van der Waals surface area contributed by atoms with Gasteiger partial charge in [-0.2, -0.15) is 0 Å². The van der Waals surface area contributed by atoms with E-state index in [1.54, 1.807) is 6.92 Å². The fourth-order valence-electron chi connectivity index (χ4n) is 4.11. The normalized spacial score (nSPS) is 18.3. The van der Waals surface area contributed by atoms with Crippen molar-refractivity contribution in [3.63, 3.8) is 0 Å². The van der Waals surface area contributed by atoms with Gasteiger partial charge in [0.15, 0.2) is 10.8 Å². The molecule has 164 valence electrons. The van der Waals surface area contributed by atoms with Crippen molar-refractivity contribution in [3.8, 4) is 0 Å². The van der Waals surface area contributed by atoms with Crippen molar-refractivity contribution >= 4 is 50.8 Å². The molecule has 0 saturated heterocycles. The highest BCUT2D eigenvalue weighted by Gasteiger charge is 2.32. The van der Waals surface area contributed by atoms with Crippen LogP contribution in [0.5, 0.6) is 0 Å². The topological polar surface area (TPSA) is 98.5 Å². The van der Waals surface area contributed by atoms with Gasteiger partial charge in [-0.15, -0.1) is 21.5 Å². The molecule has 0 aliphatic heterocycles. The van der Waals surface area contributed by atoms with Gasteiger partial charge in [-0.05, 0) is 50.5 Å². The first-order valence-corrected chi connectivity index (χ1v) is 12.6. The van der Waals surface area contributed by atoms with Gasteiger partial charge in [0.1, 0.15) is 17.2 Å². The lowest BCUT2D eigenvalue weighted by Gasteiger charge is -2.17. The van der Waals surface area contributed by atoms with Gasteiger partial charge in [0.2, 0.25) is 5.91 Å². The lowest BCUT2D eigenvalue weighted by molar-refractivity contribution is -0.143. The zero-order valence-electron chi connectivity index (χ0n) is 17.6. The van der Waals surface area contributed by atoms with Crippen LogP contribution in [0.15, 0.2) is 5.16 Å². The lowest BCUT2D eigenvalue weighted by atomic mass is 9.89. The van der Waals surface area contributed by atoms with Crippen LogP contribution < -0.4 is 5.32 Å². The van der Waals surface area contributed by atoms with Crippen molar-refractivity contribution in [3.05, 3.63) is 16.3 Å². The van der Waals surface area contributed by atoms with Gasteiger partial charge in [-0.25, -0.2) is 4.98 Å². The summed E-state index contributed by atoms with van der Waals surface area (Å²) >= 11 is 3.14. The number of fused-ring (bicyclic) bond motifs is 5. The number of thiophene rings is 1. The summed E-state index contributed by atoms with van der Waals surface area (Å²) in [5.74, 6) is 1.62. The summed E-state index contributed by atoms with van der Waals surface area (Å²) in [5.41, 5.74) is 2.25. The second-order valence-corrected chi connectivity index (χ2v) is 10.3. The number of esters is 1. The van der Waals surface area contributed by atoms with Crippen LogP contribution in [0.25, 0.3) is 15.9 Å². The Morgan fingerprint density at radius 3 is 2.90 bits per heavy atom. The van der Waals surface area contributed by atoms with Crippen molar-refractivity contribution < 1.29 is 14.3 Å². The standard InChI is InChI=1S/C21H25N5O3S2/c1-3-29-16(28)9-22-15(27)10-30-21-25-24-19-17-13-7-4-11(2)8-14(13)31-20(17)23-18(26(19)21)12-5-6-12/h11-12H,3-10H2,1-2H3,(H,22,27). The Hall–Kier alpha value is -2.20. The van der Waals surface area contributed by atoms with E-state index in [0.29, 0.717) is 23.6 Å². The zero-order valence-corrected chi connectivity index (χ0v) is 19.3. The quantitative estimate of drug-likeness (QED) is 0.428. The molecule has 8 nitrogen and oxygen atoms in total. The number of hydrogen-bond acceptors (Lipinski definition) is 8. The minimum atomic E-state index is -0.437. The van der Waals surface area contributed by atoms with Gasteiger partial charge >= 0.3 is 5.97 Å². The van der Waals surface area contributed by atoms with Gasteiger partial charge in [0.05, 0.1) is 17.7 Å². The van der Waals surface area contributed by atoms with Crippen molar-refractivity contribution in [1.82, 2.24) is 24.9 Å². The van der Waals surface area contributed by atoms with Crippen LogP contribution in [-0.4, -0.2) is 50.4 Å². The Balaban J connectivity index is 1.44. The number of nitrogens with one attached hydrogen (secondary N) is 1. The Kier molecular flexibility index (Phi) is 5.60. The molecule has 1 fully saturated rings. The summed E-state index contributed by atoms with van der Waals surface area (Å²) in [6.07, 6.45) is 5.60. The molecule has 0 bridgehead atoms. The lowest BCUT2D eigenvalue weighted by Crippen LogP contribution is -2.31. The van der Waals surface area contributed by atoms with Crippen molar-refractivity contribution in [2.24, 2.45) is 5.92 Å². The number of carbonyl (C=O) groups excluding carboxylic acids is 2. The fourth-order valence-corrected chi connectivity index (χ4v) is 6.27. The number of amides is 1. The fraction of sp³-hybridized carbons (Fsp3) is 0.571. The molecule has 1 amide bonds. The Labute approximate surface area is 188 Å². The van der Waals surface area contributed by atoms with E-state index in [1.807, 2.05) is 11.3 Å².